The molecule has 0 saturated carbocycles. The van der Waals surface area contributed by atoms with Crippen molar-refractivity contribution in [3.05, 3.63) is 59.9 Å². The third-order valence-corrected chi connectivity index (χ3v) is 5.10. The Morgan fingerprint density at radius 3 is 3.21 bits per heavy atom. The van der Waals surface area contributed by atoms with Gasteiger partial charge >= 0.3 is 0 Å². The zero-order valence-corrected chi connectivity index (χ0v) is 15.4. The molecule has 2 aliphatic rings. The third-order valence-electron chi connectivity index (χ3n) is 5.10. The molecule has 5 rings (SSSR count). The maximum atomic E-state index is 14.4. The summed E-state index contributed by atoms with van der Waals surface area (Å²) >= 11 is 0. The minimum atomic E-state index is -2.70. The summed E-state index contributed by atoms with van der Waals surface area (Å²) in [4.78, 5) is 10.1. The fourth-order valence-corrected chi connectivity index (χ4v) is 3.65. The number of anilines is 1. The molecule has 5 heterocycles. The van der Waals surface area contributed by atoms with Crippen LogP contribution in [-0.4, -0.2) is 32.2 Å². The molecule has 3 aromatic heterocycles. The quantitative estimate of drug-likeness (QED) is 0.644. The van der Waals surface area contributed by atoms with Gasteiger partial charge in [-0.25, -0.2) is 13.9 Å². The second kappa shape index (κ2) is 6.58. The number of hydrogen-bond acceptors (Lipinski definition) is 5. The van der Waals surface area contributed by atoms with E-state index in [9.17, 15) is 5.76 Å². The van der Waals surface area contributed by atoms with Crippen molar-refractivity contribution in [1.82, 2.24) is 24.9 Å². The molecular formula is C21H23FN6. The van der Waals surface area contributed by atoms with Crippen LogP contribution in [0.2, 0.25) is 0 Å². The summed E-state index contributed by atoms with van der Waals surface area (Å²) in [5.41, 5.74) is 2.03. The van der Waals surface area contributed by atoms with Gasteiger partial charge in [-0.15, -0.1) is 0 Å². The minimum absolute atomic E-state index is 0.00504. The molecule has 2 atom stereocenters. The number of rotatable bonds is 0. The highest BCUT2D eigenvalue weighted by Crippen LogP contribution is 2.37. The van der Waals surface area contributed by atoms with Crippen LogP contribution in [0.3, 0.4) is 0 Å². The van der Waals surface area contributed by atoms with Crippen LogP contribution >= 0.6 is 0 Å². The van der Waals surface area contributed by atoms with Crippen LogP contribution in [0.15, 0.2) is 37.3 Å². The molecular weight excluding hydrogens is 355 g/mol. The van der Waals surface area contributed by atoms with E-state index >= 15 is 0 Å². The summed E-state index contributed by atoms with van der Waals surface area (Å²) < 4.78 is 59.6. The van der Waals surface area contributed by atoms with Crippen molar-refractivity contribution in [2.24, 2.45) is 0 Å². The highest BCUT2D eigenvalue weighted by molar-refractivity contribution is 5.74. The minimum Gasteiger partial charge on any atom is -0.382 e. The van der Waals surface area contributed by atoms with Gasteiger partial charge in [0.25, 0.3) is 0 Å². The number of hydrogen-bond donors (Lipinski definition) is 1. The van der Waals surface area contributed by atoms with Crippen molar-refractivity contribution >= 4 is 17.2 Å². The van der Waals surface area contributed by atoms with Gasteiger partial charge in [-0.3, -0.25) is 4.98 Å². The van der Waals surface area contributed by atoms with Crippen LogP contribution in [0, 0.1) is 5.82 Å². The van der Waals surface area contributed by atoms with Gasteiger partial charge in [0, 0.05) is 35.7 Å². The van der Waals surface area contributed by atoms with Gasteiger partial charge in [0.1, 0.15) is 11.6 Å². The zero-order chi connectivity index (χ0) is 23.8. The monoisotopic (exact) mass is 383 g/mol. The van der Waals surface area contributed by atoms with Crippen LogP contribution in [0.5, 0.6) is 0 Å². The Balaban J connectivity index is 1.83. The second-order valence-electron chi connectivity index (χ2n) is 7.06. The van der Waals surface area contributed by atoms with E-state index in [4.69, 9.17) is 5.48 Å². The van der Waals surface area contributed by atoms with Crippen LogP contribution in [0.4, 0.5) is 10.2 Å². The molecule has 0 aromatic carbocycles. The van der Waals surface area contributed by atoms with E-state index < -0.39 is 31.1 Å². The van der Waals surface area contributed by atoms with Crippen LogP contribution in [0.1, 0.15) is 55.8 Å². The molecule has 0 amide bonds. The Hall–Kier alpha value is -2.96. The van der Waals surface area contributed by atoms with Crippen molar-refractivity contribution in [3.8, 4) is 0 Å². The van der Waals surface area contributed by atoms with Gasteiger partial charge in [-0.2, -0.15) is 5.10 Å². The SMILES string of the molecule is [2H]C1([2H])CN2c3ccn4ncc(c4n3)C(=C)N[C@H](C)CCc3ncc(F)cc3[C@]2([2H])C1([2H])[2H]. The number of nitrogens with one attached hydrogen (secondary N) is 1. The Kier molecular flexibility index (Phi) is 2.93. The highest BCUT2D eigenvalue weighted by Gasteiger charge is 2.30. The largest absolute Gasteiger partial charge is 0.382 e. The summed E-state index contributed by atoms with van der Waals surface area (Å²) in [6.45, 7) is 5.62. The van der Waals surface area contributed by atoms with Crippen molar-refractivity contribution in [2.45, 2.75) is 44.6 Å². The Bertz CT molecular complexity index is 1280. The molecule has 7 heteroatoms. The molecule has 3 aromatic rings. The van der Waals surface area contributed by atoms with Gasteiger partial charge in [0.15, 0.2) is 5.65 Å². The third kappa shape index (κ3) is 2.82. The lowest BCUT2D eigenvalue weighted by Gasteiger charge is -2.27. The summed E-state index contributed by atoms with van der Waals surface area (Å²) in [5, 5.41) is 7.62. The number of aromatic nitrogens is 4. The van der Waals surface area contributed by atoms with Gasteiger partial charge in [-0.05, 0) is 50.2 Å². The number of nitrogens with zero attached hydrogens (tertiary/aromatic N) is 5. The average molecular weight is 383 g/mol. The first-order valence-corrected chi connectivity index (χ1v) is 9.18. The van der Waals surface area contributed by atoms with E-state index in [0.29, 0.717) is 35.4 Å². The molecule has 28 heavy (non-hydrogen) atoms. The summed E-state index contributed by atoms with van der Waals surface area (Å²) in [6.07, 6.45) is 0.0515. The molecule has 1 saturated heterocycles. The lowest BCUT2D eigenvalue weighted by atomic mass is 9.98. The van der Waals surface area contributed by atoms with E-state index in [1.807, 2.05) is 6.92 Å². The molecule has 2 bridgehead atoms. The molecule has 2 aliphatic heterocycles. The van der Waals surface area contributed by atoms with Gasteiger partial charge in [0.05, 0.1) is 25.3 Å². The molecule has 0 radical (unpaired) electrons. The highest BCUT2D eigenvalue weighted by atomic mass is 19.1. The van der Waals surface area contributed by atoms with E-state index in [1.54, 1.807) is 18.5 Å². The smallest absolute Gasteiger partial charge is 0.166 e. The van der Waals surface area contributed by atoms with E-state index in [0.717, 1.165) is 12.3 Å². The Morgan fingerprint density at radius 2 is 2.32 bits per heavy atom. The lowest BCUT2D eigenvalue weighted by molar-refractivity contribution is 0.575. The number of pyridine rings is 1. The van der Waals surface area contributed by atoms with Crippen molar-refractivity contribution in [2.75, 3.05) is 11.4 Å². The normalized spacial score (nSPS) is 31.1. The van der Waals surface area contributed by atoms with Gasteiger partial charge in [0.2, 0.25) is 0 Å². The molecule has 144 valence electrons. The number of aryl methyl sites for hydroxylation is 1. The van der Waals surface area contributed by atoms with Gasteiger partial charge in [-0.1, -0.05) is 6.58 Å². The van der Waals surface area contributed by atoms with Crippen LogP contribution < -0.4 is 10.2 Å². The summed E-state index contributed by atoms with van der Waals surface area (Å²) in [7, 11) is 0. The fourth-order valence-electron chi connectivity index (χ4n) is 3.65. The first-order chi connectivity index (χ1) is 15.5. The topological polar surface area (TPSA) is 58.4 Å². The lowest BCUT2D eigenvalue weighted by Crippen LogP contribution is -2.26. The Morgan fingerprint density at radius 1 is 1.43 bits per heavy atom. The van der Waals surface area contributed by atoms with Crippen LogP contribution in [-0.2, 0) is 6.42 Å². The maximum Gasteiger partial charge on any atom is 0.166 e. The Labute approximate surface area is 170 Å². The van der Waals surface area contributed by atoms with Crippen molar-refractivity contribution in [1.29, 1.82) is 0 Å². The molecule has 1 fully saturated rings. The van der Waals surface area contributed by atoms with Crippen molar-refractivity contribution < 1.29 is 11.2 Å². The van der Waals surface area contributed by atoms with E-state index in [1.165, 1.54) is 9.42 Å². The maximum absolute atomic E-state index is 14.4. The average Bonchev–Trinajstić information content (AvgIpc) is 3.23. The molecule has 1 N–H and O–H groups in total. The van der Waals surface area contributed by atoms with E-state index in [2.05, 4.69) is 27.0 Å². The predicted octanol–water partition coefficient (Wildman–Crippen LogP) is 3.50. The van der Waals surface area contributed by atoms with Crippen LogP contribution in [0.25, 0.3) is 11.3 Å². The first-order valence-electron chi connectivity index (χ1n) is 11.7. The predicted molar refractivity (Wildman–Crippen MR) is 106 cm³/mol. The fraction of sp³-hybridized carbons (Fsp3) is 0.381. The standard InChI is InChI=1S/C21H23FN6/c1-13-5-6-18-16(10-15(22)11-23-18)19-4-3-8-27(19)20-7-9-28-21(26-20)17(12-24-28)14(2)25-13/h7,9-13,19,25H,2-6,8H2,1H3/t13-,19+/m1/s1/i3D2,4D2,19D. The van der Waals surface area contributed by atoms with Crippen molar-refractivity contribution in [3.63, 3.8) is 0 Å². The molecule has 0 aliphatic carbocycles. The summed E-state index contributed by atoms with van der Waals surface area (Å²) in [5.74, 6) is -0.534. The first kappa shape index (κ1) is 12.5. The number of halogens is 1. The number of fused-ring (bicyclic) bond motifs is 5. The molecule has 6 nitrogen and oxygen atoms in total. The molecule has 0 unspecified atom stereocenters. The molecule has 0 spiro atoms. The van der Waals surface area contributed by atoms with E-state index in [-0.39, 0.29) is 17.4 Å². The summed E-state index contributed by atoms with van der Waals surface area (Å²) in [6, 6.07) is 0.269. The van der Waals surface area contributed by atoms with Gasteiger partial charge < -0.3 is 10.2 Å². The second-order valence-corrected chi connectivity index (χ2v) is 7.06. The zero-order valence-electron chi connectivity index (χ0n) is 20.4.